The number of nitrogens with zero attached hydrogens (tertiary/aromatic N) is 3. The molecule has 0 saturated carbocycles. The molecule has 3 heterocycles. The molecule has 2 aromatic heterocycles. The smallest absolute Gasteiger partial charge is 0.149 e. The molecule has 6 heteroatoms. The van der Waals surface area contributed by atoms with Crippen molar-refractivity contribution in [3.8, 4) is 11.1 Å². The van der Waals surface area contributed by atoms with E-state index in [0.29, 0.717) is 12.3 Å². The first-order chi connectivity index (χ1) is 12.2. The minimum atomic E-state index is 0.289. The standard InChI is InChI=1S/C19H21N5O/c1-2-12-3-5-21-10-16(12)13-7-14-9-18(22-15-4-6-25-11-15)23-24-19(14)17(20)8-13/h3,5,7-10,15H,2,4,6,11,20H2,1H3,(H,22,23). The maximum absolute atomic E-state index is 6.24. The minimum absolute atomic E-state index is 0.289. The lowest BCUT2D eigenvalue weighted by Gasteiger charge is -2.13. The zero-order valence-electron chi connectivity index (χ0n) is 14.2. The normalized spacial score (nSPS) is 17.1. The van der Waals surface area contributed by atoms with Gasteiger partial charge in [-0.15, -0.1) is 10.2 Å². The van der Waals surface area contributed by atoms with Crippen LogP contribution in [0.3, 0.4) is 0 Å². The molecule has 4 rings (SSSR count). The van der Waals surface area contributed by atoms with Crippen molar-refractivity contribution in [2.75, 3.05) is 24.3 Å². The number of anilines is 2. The van der Waals surface area contributed by atoms with Gasteiger partial charge in [0.15, 0.2) is 0 Å². The Hall–Kier alpha value is -2.73. The van der Waals surface area contributed by atoms with E-state index in [1.54, 1.807) is 0 Å². The van der Waals surface area contributed by atoms with Gasteiger partial charge >= 0.3 is 0 Å². The summed E-state index contributed by atoms with van der Waals surface area (Å²) in [6.07, 6.45) is 5.64. The van der Waals surface area contributed by atoms with Gasteiger partial charge in [0.25, 0.3) is 0 Å². The van der Waals surface area contributed by atoms with E-state index in [1.165, 1.54) is 5.56 Å². The van der Waals surface area contributed by atoms with Crippen LogP contribution in [0.5, 0.6) is 0 Å². The van der Waals surface area contributed by atoms with E-state index < -0.39 is 0 Å². The molecule has 1 aliphatic rings. The molecule has 1 saturated heterocycles. The van der Waals surface area contributed by atoms with Crippen molar-refractivity contribution in [1.29, 1.82) is 0 Å². The fourth-order valence-corrected chi connectivity index (χ4v) is 3.26. The highest BCUT2D eigenvalue weighted by Gasteiger charge is 2.16. The number of rotatable bonds is 4. The number of pyridine rings is 1. The number of nitrogens with one attached hydrogen (secondary N) is 1. The summed E-state index contributed by atoms with van der Waals surface area (Å²) in [4.78, 5) is 4.27. The monoisotopic (exact) mass is 335 g/mol. The van der Waals surface area contributed by atoms with Crippen molar-refractivity contribution in [2.45, 2.75) is 25.8 Å². The Morgan fingerprint density at radius 3 is 3.00 bits per heavy atom. The minimum Gasteiger partial charge on any atom is -0.397 e. The topological polar surface area (TPSA) is 86.0 Å². The van der Waals surface area contributed by atoms with Crippen LogP contribution < -0.4 is 11.1 Å². The highest BCUT2D eigenvalue weighted by molar-refractivity contribution is 5.94. The van der Waals surface area contributed by atoms with Crippen LogP contribution >= 0.6 is 0 Å². The first-order valence-electron chi connectivity index (χ1n) is 8.59. The predicted octanol–water partition coefficient (Wildman–Crippen LogP) is 3.04. The average molecular weight is 335 g/mol. The maximum Gasteiger partial charge on any atom is 0.149 e. The number of hydrogen-bond acceptors (Lipinski definition) is 6. The Bertz CT molecular complexity index is 905. The molecule has 1 fully saturated rings. The van der Waals surface area contributed by atoms with Crippen LogP contribution in [0.4, 0.5) is 11.5 Å². The van der Waals surface area contributed by atoms with Crippen molar-refractivity contribution in [2.24, 2.45) is 0 Å². The second-order valence-electron chi connectivity index (χ2n) is 6.32. The maximum atomic E-state index is 6.24. The number of fused-ring (bicyclic) bond motifs is 1. The van der Waals surface area contributed by atoms with Crippen molar-refractivity contribution in [3.05, 3.63) is 42.2 Å². The fourth-order valence-electron chi connectivity index (χ4n) is 3.26. The van der Waals surface area contributed by atoms with Gasteiger partial charge in [0, 0.05) is 30.0 Å². The highest BCUT2D eigenvalue weighted by atomic mass is 16.5. The third-order valence-electron chi connectivity index (χ3n) is 4.60. The molecule has 0 bridgehead atoms. The SMILES string of the molecule is CCc1ccncc1-c1cc(N)c2nnc(NC3CCOC3)cc2c1. The summed E-state index contributed by atoms with van der Waals surface area (Å²) in [6.45, 7) is 3.63. The summed E-state index contributed by atoms with van der Waals surface area (Å²) in [5.74, 6) is 0.751. The number of nitrogen functional groups attached to an aromatic ring is 1. The lowest BCUT2D eigenvalue weighted by Crippen LogP contribution is -2.19. The van der Waals surface area contributed by atoms with Gasteiger partial charge in [-0.05, 0) is 48.2 Å². The molecule has 25 heavy (non-hydrogen) atoms. The Morgan fingerprint density at radius 1 is 1.28 bits per heavy atom. The molecule has 128 valence electrons. The van der Waals surface area contributed by atoms with Crippen molar-refractivity contribution in [1.82, 2.24) is 15.2 Å². The van der Waals surface area contributed by atoms with Gasteiger partial charge in [-0.3, -0.25) is 4.98 Å². The van der Waals surface area contributed by atoms with Gasteiger partial charge in [0.1, 0.15) is 11.3 Å². The second kappa shape index (κ2) is 6.64. The van der Waals surface area contributed by atoms with Crippen LogP contribution in [-0.4, -0.2) is 34.4 Å². The molecule has 1 aromatic carbocycles. The Morgan fingerprint density at radius 2 is 2.20 bits per heavy atom. The van der Waals surface area contributed by atoms with Gasteiger partial charge in [-0.1, -0.05) is 6.92 Å². The van der Waals surface area contributed by atoms with E-state index in [4.69, 9.17) is 10.5 Å². The predicted molar refractivity (Wildman–Crippen MR) is 99.4 cm³/mol. The zero-order valence-corrected chi connectivity index (χ0v) is 14.2. The van der Waals surface area contributed by atoms with Crippen LogP contribution in [0.15, 0.2) is 36.7 Å². The second-order valence-corrected chi connectivity index (χ2v) is 6.32. The van der Waals surface area contributed by atoms with E-state index in [1.807, 2.05) is 30.6 Å². The summed E-state index contributed by atoms with van der Waals surface area (Å²) < 4.78 is 5.40. The third-order valence-corrected chi connectivity index (χ3v) is 4.60. The summed E-state index contributed by atoms with van der Waals surface area (Å²) in [7, 11) is 0. The van der Waals surface area contributed by atoms with E-state index in [2.05, 4.69) is 33.5 Å². The Labute approximate surface area is 146 Å². The highest BCUT2D eigenvalue weighted by Crippen LogP contribution is 2.31. The summed E-state index contributed by atoms with van der Waals surface area (Å²) in [6, 6.07) is 8.39. The van der Waals surface area contributed by atoms with Crippen LogP contribution in [0.1, 0.15) is 18.9 Å². The number of aryl methyl sites for hydroxylation is 1. The molecule has 1 unspecified atom stereocenters. The molecule has 1 aliphatic heterocycles. The first kappa shape index (κ1) is 15.8. The molecule has 6 nitrogen and oxygen atoms in total. The quantitative estimate of drug-likeness (QED) is 0.713. The molecule has 0 radical (unpaired) electrons. The van der Waals surface area contributed by atoms with Crippen LogP contribution in [-0.2, 0) is 11.2 Å². The van der Waals surface area contributed by atoms with E-state index >= 15 is 0 Å². The summed E-state index contributed by atoms with van der Waals surface area (Å²) >= 11 is 0. The fraction of sp³-hybridized carbons (Fsp3) is 0.316. The van der Waals surface area contributed by atoms with E-state index in [0.717, 1.165) is 47.3 Å². The molecule has 0 aliphatic carbocycles. The zero-order chi connectivity index (χ0) is 17.2. The third kappa shape index (κ3) is 3.13. The largest absolute Gasteiger partial charge is 0.397 e. The van der Waals surface area contributed by atoms with Gasteiger partial charge in [-0.2, -0.15) is 0 Å². The molecular formula is C19H21N5O. The molecule has 0 amide bonds. The number of benzene rings is 1. The van der Waals surface area contributed by atoms with Crippen molar-refractivity contribution in [3.63, 3.8) is 0 Å². The number of hydrogen-bond donors (Lipinski definition) is 2. The lowest BCUT2D eigenvalue weighted by molar-refractivity contribution is 0.195. The van der Waals surface area contributed by atoms with Crippen LogP contribution in [0, 0.1) is 0 Å². The Balaban J connectivity index is 1.76. The van der Waals surface area contributed by atoms with E-state index in [9.17, 15) is 0 Å². The molecular weight excluding hydrogens is 314 g/mol. The lowest BCUT2D eigenvalue weighted by atomic mass is 9.98. The van der Waals surface area contributed by atoms with Gasteiger partial charge in [0.2, 0.25) is 0 Å². The van der Waals surface area contributed by atoms with Gasteiger partial charge in [0.05, 0.1) is 18.3 Å². The number of aromatic nitrogens is 3. The summed E-state index contributed by atoms with van der Waals surface area (Å²) in [5, 5.41) is 12.9. The van der Waals surface area contributed by atoms with Crippen LogP contribution in [0.25, 0.3) is 22.0 Å². The first-order valence-corrected chi connectivity index (χ1v) is 8.59. The molecule has 1 atom stereocenters. The molecule has 3 aromatic rings. The van der Waals surface area contributed by atoms with Crippen LogP contribution in [0.2, 0.25) is 0 Å². The summed E-state index contributed by atoms with van der Waals surface area (Å²) in [5.41, 5.74) is 11.0. The van der Waals surface area contributed by atoms with Gasteiger partial charge < -0.3 is 15.8 Å². The van der Waals surface area contributed by atoms with Crippen molar-refractivity contribution >= 4 is 22.4 Å². The molecule has 0 spiro atoms. The average Bonchev–Trinajstić information content (AvgIpc) is 3.14. The van der Waals surface area contributed by atoms with Gasteiger partial charge in [-0.25, -0.2) is 0 Å². The number of nitrogens with two attached hydrogens (primary N) is 1. The molecule has 3 N–H and O–H groups in total. The number of ether oxygens (including phenoxy) is 1. The van der Waals surface area contributed by atoms with E-state index in [-0.39, 0.29) is 6.04 Å². The Kier molecular flexibility index (Phi) is 4.19. The van der Waals surface area contributed by atoms with Crippen molar-refractivity contribution < 1.29 is 4.74 Å².